The van der Waals surface area contributed by atoms with E-state index in [0.29, 0.717) is 0 Å². The van der Waals surface area contributed by atoms with Gasteiger partial charge in [0.2, 0.25) is 0 Å². The zero-order valence-electron chi connectivity index (χ0n) is 11.3. The second kappa shape index (κ2) is 4.95. The van der Waals surface area contributed by atoms with Crippen molar-refractivity contribution in [1.29, 1.82) is 0 Å². The van der Waals surface area contributed by atoms with Crippen LogP contribution in [0.4, 0.5) is 0 Å². The Morgan fingerprint density at radius 2 is 2.00 bits per heavy atom. The largest absolute Gasteiger partial charge is 0.461 e. The summed E-state index contributed by atoms with van der Waals surface area (Å²) in [5.41, 5.74) is 3.86. The van der Waals surface area contributed by atoms with Crippen molar-refractivity contribution < 1.29 is 4.42 Å². The summed E-state index contributed by atoms with van der Waals surface area (Å²) in [4.78, 5) is 0. The van der Waals surface area contributed by atoms with Gasteiger partial charge < -0.3 is 4.42 Å². The lowest BCUT2D eigenvalue weighted by molar-refractivity contribution is 0.426. The lowest BCUT2D eigenvalue weighted by Crippen LogP contribution is -2.08. The summed E-state index contributed by atoms with van der Waals surface area (Å²) in [6.45, 7) is 8.45. The van der Waals surface area contributed by atoms with Crippen LogP contribution in [0, 0.1) is 12.8 Å². The summed E-state index contributed by atoms with van der Waals surface area (Å²) in [6, 6.07) is 6.49. The van der Waals surface area contributed by atoms with E-state index in [-0.39, 0.29) is 0 Å². The molecule has 0 radical (unpaired) electrons. The minimum Gasteiger partial charge on any atom is -0.461 e. The molecule has 92 valence electrons. The van der Waals surface area contributed by atoms with Crippen LogP contribution in [-0.4, -0.2) is 0 Å². The average Bonchev–Trinajstić information content (AvgIpc) is 2.68. The van der Waals surface area contributed by atoms with Crippen molar-refractivity contribution in [3.05, 3.63) is 35.1 Å². The summed E-state index contributed by atoms with van der Waals surface area (Å²) in [5, 5.41) is 1.34. The molecule has 1 heteroatoms. The zero-order valence-corrected chi connectivity index (χ0v) is 11.3. The van der Waals surface area contributed by atoms with E-state index in [9.17, 15) is 0 Å². The SMILES string of the molecule is CC.Cc1ccc2oc3c(c2c1)CC[C@@H](C)C3. The van der Waals surface area contributed by atoms with Crippen molar-refractivity contribution in [3.63, 3.8) is 0 Å². The first-order chi connectivity index (χ1) is 8.24. The monoisotopic (exact) mass is 230 g/mol. The Morgan fingerprint density at radius 1 is 1.24 bits per heavy atom. The minimum absolute atomic E-state index is 0.777. The van der Waals surface area contributed by atoms with Crippen LogP contribution in [0.5, 0.6) is 0 Å². The van der Waals surface area contributed by atoms with Gasteiger partial charge in [0.25, 0.3) is 0 Å². The van der Waals surface area contributed by atoms with E-state index >= 15 is 0 Å². The molecule has 0 aliphatic heterocycles. The molecule has 3 rings (SSSR count). The molecule has 17 heavy (non-hydrogen) atoms. The van der Waals surface area contributed by atoms with Crippen LogP contribution >= 0.6 is 0 Å². The van der Waals surface area contributed by atoms with Crippen LogP contribution in [0.3, 0.4) is 0 Å². The van der Waals surface area contributed by atoms with Crippen LogP contribution in [-0.2, 0) is 12.8 Å². The van der Waals surface area contributed by atoms with E-state index in [1.54, 1.807) is 0 Å². The Balaban J connectivity index is 0.000000514. The molecule has 1 heterocycles. The Labute approximate surface area is 104 Å². The van der Waals surface area contributed by atoms with Gasteiger partial charge in [-0.1, -0.05) is 32.4 Å². The summed E-state index contributed by atoms with van der Waals surface area (Å²) in [5.74, 6) is 2.01. The van der Waals surface area contributed by atoms with Gasteiger partial charge in [0.15, 0.2) is 0 Å². The Kier molecular flexibility index (Phi) is 3.56. The molecule has 0 saturated heterocycles. The topological polar surface area (TPSA) is 13.1 Å². The maximum atomic E-state index is 5.92. The lowest BCUT2D eigenvalue weighted by atomic mass is 9.88. The Bertz CT molecular complexity index is 507. The van der Waals surface area contributed by atoms with Crippen molar-refractivity contribution in [2.75, 3.05) is 0 Å². The molecule has 1 atom stereocenters. The molecule has 0 unspecified atom stereocenters. The van der Waals surface area contributed by atoms with Crippen LogP contribution in [0.25, 0.3) is 11.0 Å². The average molecular weight is 230 g/mol. The fraction of sp³-hybridized carbons (Fsp3) is 0.500. The number of hydrogen-bond acceptors (Lipinski definition) is 1. The van der Waals surface area contributed by atoms with Crippen molar-refractivity contribution in [2.24, 2.45) is 5.92 Å². The van der Waals surface area contributed by atoms with Gasteiger partial charge in [-0.25, -0.2) is 0 Å². The number of rotatable bonds is 0. The van der Waals surface area contributed by atoms with Gasteiger partial charge in [-0.15, -0.1) is 0 Å². The minimum atomic E-state index is 0.777. The van der Waals surface area contributed by atoms with Gasteiger partial charge in [0.05, 0.1) is 0 Å². The normalized spacial score (nSPS) is 18.5. The standard InChI is InChI=1S/C14H16O.C2H6/c1-9-4-6-13-12(7-9)11-5-3-10(2)8-14(11)15-13;1-2/h4,6-7,10H,3,5,8H2,1-2H3;1-2H3/t10-;/m1./s1. The summed E-state index contributed by atoms with van der Waals surface area (Å²) in [6.07, 6.45) is 3.60. The molecule has 1 aromatic carbocycles. The van der Waals surface area contributed by atoms with Gasteiger partial charge in [-0.05, 0) is 37.8 Å². The highest BCUT2D eigenvalue weighted by Crippen LogP contribution is 2.34. The molecule has 0 bridgehead atoms. The predicted molar refractivity (Wildman–Crippen MR) is 73.5 cm³/mol. The fourth-order valence-corrected chi connectivity index (χ4v) is 2.56. The van der Waals surface area contributed by atoms with Crippen molar-refractivity contribution >= 4 is 11.0 Å². The highest BCUT2D eigenvalue weighted by molar-refractivity contribution is 5.83. The molecule has 0 N–H and O–H groups in total. The third-order valence-corrected chi connectivity index (χ3v) is 3.45. The van der Waals surface area contributed by atoms with Crippen LogP contribution in [0.1, 0.15) is 44.1 Å². The van der Waals surface area contributed by atoms with E-state index in [2.05, 4.69) is 32.0 Å². The van der Waals surface area contributed by atoms with Crippen molar-refractivity contribution in [1.82, 2.24) is 0 Å². The molecule has 0 fully saturated rings. The summed E-state index contributed by atoms with van der Waals surface area (Å²) in [7, 11) is 0. The molecule has 0 spiro atoms. The highest BCUT2D eigenvalue weighted by Gasteiger charge is 2.21. The van der Waals surface area contributed by atoms with Crippen LogP contribution < -0.4 is 0 Å². The molecule has 0 saturated carbocycles. The second-order valence-electron chi connectivity index (χ2n) is 4.85. The number of benzene rings is 1. The molecular formula is C16H22O. The maximum absolute atomic E-state index is 5.92. The maximum Gasteiger partial charge on any atom is 0.134 e. The quantitative estimate of drug-likeness (QED) is 0.628. The zero-order chi connectivity index (χ0) is 12.4. The molecule has 1 nitrogen and oxygen atoms in total. The fourth-order valence-electron chi connectivity index (χ4n) is 2.56. The molecule has 0 amide bonds. The summed E-state index contributed by atoms with van der Waals surface area (Å²) >= 11 is 0. The van der Waals surface area contributed by atoms with E-state index < -0.39 is 0 Å². The van der Waals surface area contributed by atoms with Gasteiger partial charge >= 0.3 is 0 Å². The van der Waals surface area contributed by atoms with Crippen LogP contribution in [0.15, 0.2) is 22.6 Å². The Morgan fingerprint density at radius 3 is 2.76 bits per heavy atom. The number of furan rings is 1. The van der Waals surface area contributed by atoms with Gasteiger partial charge in [0.1, 0.15) is 11.3 Å². The molecule has 1 aromatic heterocycles. The molecule has 1 aliphatic rings. The van der Waals surface area contributed by atoms with Crippen molar-refractivity contribution in [3.8, 4) is 0 Å². The third-order valence-electron chi connectivity index (χ3n) is 3.45. The molecule has 2 aromatic rings. The predicted octanol–water partition coefficient (Wildman–Crippen LogP) is 4.89. The molecular weight excluding hydrogens is 208 g/mol. The van der Waals surface area contributed by atoms with E-state index in [0.717, 1.165) is 17.9 Å². The first-order valence-electron chi connectivity index (χ1n) is 6.75. The van der Waals surface area contributed by atoms with E-state index in [4.69, 9.17) is 4.42 Å². The van der Waals surface area contributed by atoms with Crippen molar-refractivity contribution in [2.45, 2.75) is 47.0 Å². The Hall–Kier alpha value is -1.24. The van der Waals surface area contributed by atoms with Gasteiger partial charge in [0, 0.05) is 17.4 Å². The second-order valence-corrected chi connectivity index (χ2v) is 4.85. The first-order valence-corrected chi connectivity index (χ1v) is 6.75. The summed E-state index contributed by atoms with van der Waals surface area (Å²) < 4.78 is 5.92. The van der Waals surface area contributed by atoms with E-state index in [1.165, 1.54) is 35.1 Å². The smallest absolute Gasteiger partial charge is 0.134 e. The molecule has 1 aliphatic carbocycles. The van der Waals surface area contributed by atoms with E-state index in [1.807, 2.05) is 13.8 Å². The number of fused-ring (bicyclic) bond motifs is 3. The highest BCUT2D eigenvalue weighted by atomic mass is 16.3. The third kappa shape index (κ3) is 2.24. The number of aryl methyl sites for hydroxylation is 2. The van der Waals surface area contributed by atoms with Crippen LogP contribution in [0.2, 0.25) is 0 Å². The van der Waals surface area contributed by atoms with Gasteiger partial charge in [-0.3, -0.25) is 0 Å². The number of hydrogen-bond donors (Lipinski definition) is 0. The first kappa shape index (κ1) is 12.2. The lowest BCUT2D eigenvalue weighted by Gasteiger charge is -2.16. The van der Waals surface area contributed by atoms with Gasteiger partial charge in [-0.2, -0.15) is 0 Å².